The molecular weight excluding hydrogens is 468 g/mol. The van der Waals surface area contributed by atoms with Crippen LogP contribution in [-0.4, -0.2) is 9.97 Å². The molecule has 7 aromatic rings. The fraction of sp³-hybridized carbons (Fsp3) is 0. The third-order valence-corrected chi connectivity index (χ3v) is 7.19. The summed E-state index contributed by atoms with van der Waals surface area (Å²) in [6, 6.07) is 39.2. The highest BCUT2D eigenvalue weighted by Crippen LogP contribution is 2.46. The van der Waals surface area contributed by atoms with Gasteiger partial charge in [-0.25, -0.2) is 9.97 Å². The van der Waals surface area contributed by atoms with Gasteiger partial charge in [-0.15, -0.1) is 0 Å². The second-order valence-electron chi connectivity index (χ2n) is 9.43. The summed E-state index contributed by atoms with van der Waals surface area (Å²) in [5.74, 6) is 3.47. The zero-order valence-corrected chi connectivity index (χ0v) is 20.3. The smallest absolute Gasteiger partial charge is 0.170 e. The molecule has 0 N–H and O–H groups in total. The van der Waals surface area contributed by atoms with Gasteiger partial charge in [0.1, 0.15) is 0 Å². The highest BCUT2D eigenvalue weighted by Gasteiger charge is 2.19. The number of hydrogen-bond acceptors (Lipinski definition) is 4. The molecule has 8 rings (SSSR count). The largest absolute Gasteiger partial charge is 0.450 e. The average molecular weight is 489 g/mol. The molecule has 0 unspecified atom stereocenters. The van der Waals surface area contributed by atoms with Crippen molar-refractivity contribution in [2.24, 2.45) is 0 Å². The van der Waals surface area contributed by atoms with Crippen LogP contribution in [0.4, 0.5) is 0 Å². The first kappa shape index (κ1) is 20.9. The summed E-state index contributed by atoms with van der Waals surface area (Å²) in [5.41, 5.74) is 2.74. The van der Waals surface area contributed by atoms with Crippen molar-refractivity contribution in [3.05, 3.63) is 121 Å². The Hall–Kier alpha value is -5.22. The molecule has 0 saturated heterocycles. The van der Waals surface area contributed by atoms with E-state index in [0.29, 0.717) is 28.8 Å². The Balaban J connectivity index is 1.24. The minimum Gasteiger partial charge on any atom is -0.450 e. The zero-order chi connectivity index (χ0) is 25.1. The van der Waals surface area contributed by atoms with Gasteiger partial charge in [-0.05, 0) is 74.8 Å². The number of benzene rings is 6. The molecule has 4 heteroatoms. The van der Waals surface area contributed by atoms with E-state index < -0.39 is 0 Å². The molecule has 38 heavy (non-hydrogen) atoms. The van der Waals surface area contributed by atoms with Crippen molar-refractivity contribution < 1.29 is 9.47 Å². The van der Waals surface area contributed by atoms with Gasteiger partial charge in [0.05, 0.1) is 5.69 Å². The fourth-order valence-electron chi connectivity index (χ4n) is 5.39. The molecule has 4 nitrogen and oxygen atoms in total. The highest BCUT2D eigenvalue weighted by atomic mass is 16.6. The van der Waals surface area contributed by atoms with Crippen molar-refractivity contribution in [1.82, 2.24) is 9.97 Å². The minimum atomic E-state index is 0.672. The number of nitrogens with zero attached hydrogens (tertiary/aromatic N) is 2. The van der Waals surface area contributed by atoms with Crippen molar-refractivity contribution in [2.75, 3.05) is 0 Å². The molecule has 0 spiro atoms. The van der Waals surface area contributed by atoms with Crippen LogP contribution in [0.3, 0.4) is 0 Å². The molecule has 0 radical (unpaired) electrons. The molecule has 0 aliphatic carbocycles. The van der Waals surface area contributed by atoms with Gasteiger partial charge in [-0.3, -0.25) is 0 Å². The Morgan fingerprint density at radius 2 is 0.974 bits per heavy atom. The van der Waals surface area contributed by atoms with Gasteiger partial charge >= 0.3 is 0 Å². The topological polar surface area (TPSA) is 44.2 Å². The summed E-state index contributed by atoms with van der Waals surface area (Å²) in [7, 11) is 0. The number of ether oxygens (including phenoxy) is 2. The average Bonchev–Trinajstić information content (AvgIpc) is 2.99. The van der Waals surface area contributed by atoms with Crippen LogP contribution in [0.5, 0.6) is 23.0 Å². The van der Waals surface area contributed by atoms with Gasteiger partial charge in [0.25, 0.3) is 0 Å². The fourth-order valence-corrected chi connectivity index (χ4v) is 5.39. The number of rotatable bonds is 2. The van der Waals surface area contributed by atoms with Gasteiger partial charge < -0.3 is 9.47 Å². The van der Waals surface area contributed by atoms with Gasteiger partial charge in [0, 0.05) is 17.3 Å². The summed E-state index contributed by atoms with van der Waals surface area (Å²) < 4.78 is 12.1. The zero-order valence-electron chi connectivity index (χ0n) is 20.3. The van der Waals surface area contributed by atoms with Crippen LogP contribution in [0.1, 0.15) is 0 Å². The molecule has 0 amide bonds. The van der Waals surface area contributed by atoms with E-state index in [1.54, 1.807) is 0 Å². The Labute approximate surface area is 218 Å². The van der Waals surface area contributed by atoms with E-state index in [0.717, 1.165) is 16.8 Å². The van der Waals surface area contributed by atoms with E-state index >= 15 is 0 Å². The first-order chi connectivity index (χ1) is 18.8. The van der Waals surface area contributed by atoms with Crippen molar-refractivity contribution in [3.8, 4) is 45.6 Å². The monoisotopic (exact) mass is 488 g/mol. The number of aromatic nitrogens is 2. The predicted octanol–water partition coefficient (Wildman–Crippen LogP) is 9.17. The summed E-state index contributed by atoms with van der Waals surface area (Å²) in [5, 5.41) is 7.42. The lowest BCUT2D eigenvalue weighted by atomic mass is 9.93. The molecule has 2 heterocycles. The van der Waals surface area contributed by atoms with E-state index in [1.807, 2.05) is 54.7 Å². The second kappa shape index (κ2) is 8.15. The van der Waals surface area contributed by atoms with E-state index in [2.05, 4.69) is 71.7 Å². The van der Waals surface area contributed by atoms with Crippen LogP contribution in [0.15, 0.2) is 121 Å². The van der Waals surface area contributed by atoms with Crippen LogP contribution in [0.2, 0.25) is 0 Å². The molecule has 178 valence electrons. The Morgan fingerprint density at radius 1 is 0.421 bits per heavy atom. The third-order valence-electron chi connectivity index (χ3n) is 7.19. The lowest BCUT2D eigenvalue weighted by molar-refractivity contribution is 0.360. The summed E-state index contributed by atoms with van der Waals surface area (Å²) in [6.07, 6.45) is 1.81. The maximum Gasteiger partial charge on any atom is 0.170 e. The van der Waals surface area contributed by atoms with Crippen LogP contribution < -0.4 is 9.47 Å². The SMILES string of the molecule is c1ccc2c(c1)Oc1ccc(-c3ccnc(-c4ccc5c6ccccc6c6ccccc6c5c4)n3)cc1O2. The predicted molar refractivity (Wildman–Crippen MR) is 152 cm³/mol. The maximum atomic E-state index is 6.11. The quantitative estimate of drug-likeness (QED) is 0.228. The summed E-state index contributed by atoms with van der Waals surface area (Å²) >= 11 is 0. The van der Waals surface area contributed by atoms with Crippen LogP contribution in [0.25, 0.3) is 55.0 Å². The molecule has 1 aliphatic heterocycles. The third kappa shape index (κ3) is 3.24. The first-order valence-electron chi connectivity index (χ1n) is 12.6. The van der Waals surface area contributed by atoms with E-state index in [-0.39, 0.29) is 0 Å². The molecule has 0 fully saturated rings. The van der Waals surface area contributed by atoms with Gasteiger partial charge in [0.2, 0.25) is 0 Å². The minimum absolute atomic E-state index is 0.672. The standard InChI is InChI=1S/C34H20N2O2/c1-2-9-25-23(7-1)24-8-3-4-10-26(24)28-19-22(13-15-27(25)28)34-35-18-17-29(36-34)21-14-16-32-33(20-21)38-31-12-6-5-11-30(31)37-32/h1-20H. The Bertz CT molecular complexity index is 2010. The van der Waals surface area contributed by atoms with E-state index in [9.17, 15) is 0 Å². The van der Waals surface area contributed by atoms with Crippen molar-refractivity contribution in [1.29, 1.82) is 0 Å². The molecule has 1 aromatic heterocycles. The maximum absolute atomic E-state index is 6.11. The van der Waals surface area contributed by atoms with Crippen molar-refractivity contribution in [3.63, 3.8) is 0 Å². The van der Waals surface area contributed by atoms with Gasteiger partial charge in [0.15, 0.2) is 28.8 Å². The highest BCUT2D eigenvalue weighted by molar-refractivity contribution is 6.25. The first-order valence-corrected chi connectivity index (χ1v) is 12.6. The van der Waals surface area contributed by atoms with Crippen molar-refractivity contribution in [2.45, 2.75) is 0 Å². The molecular formula is C34H20N2O2. The number of para-hydroxylation sites is 2. The van der Waals surface area contributed by atoms with Crippen LogP contribution >= 0.6 is 0 Å². The molecule has 0 atom stereocenters. The molecule has 1 aliphatic rings. The Kier molecular flexibility index (Phi) is 4.49. The molecule has 0 bridgehead atoms. The molecule has 6 aromatic carbocycles. The van der Waals surface area contributed by atoms with E-state index in [1.165, 1.54) is 32.3 Å². The van der Waals surface area contributed by atoms with Crippen LogP contribution in [-0.2, 0) is 0 Å². The van der Waals surface area contributed by atoms with E-state index in [4.69, 9.17) is 14.5 Å². The van der Waals surface area contributed by atoms with Crippen LogP contribution in [0, 0.1) is 0 Å². The van der Waals surface area contributed by atoms with Crippen molar-refractivity contribution >= 4 is 32.3 Å². The van der Waals surface area contributed by atoms with Gasteiger partial charge in [-0.1, -0.05) is 72.8 Å². The second-order valence-corrected chi connectivity index (χ2v) is 9.43. The summed E-state index contributed by atoms with van der Waals surface area (Å²) in [4.78, 5) is 9.58. The summed E-state index contributed by atoms with van der Waals surface area (Å²) in [6.45, 7) is 0. The number of hydrogen-bond donors (Lipinski definition) is 0. The van der Waals surface area contributed by atoms with Gasteiger partial charge in [-0.2, -0.15) is 0 Å². The number of fused-ring (bicyclic) bond motifs is 8. The normalized spacial score (nSPS) is 12.1. The molecule has 0 saturated carbocycles. The lowest BCUT2D eigenvalue weighted by Crippen LogP contribution is -1.99. The lowest BCUT2D eigenvalue weighted by Gasteiger charge is -2.20. The Morgan fingerprint density at radius 3 is 1.68 bits per heavy atom.